The maximum atomic E-state index is 11.8. The average molecular weight is 279 g/mol. The number of hydrogen-bond donors (Lipinski definition) is 3. The van der Waals surface area contributed by atoms with Crippen molar-refractivity contribution in [2.45, 2.75) is 25.9 Å². The summed E-state index contributed by atoms with van der Waals surface area (Å²) in [4.78, 5) is 23.1. The fourth-order valence-corrected chi connectivity index (χ4v) is 1.61. The molecule has 2 amide bonds. The summed E-state index contributed by atoms with van der Waals surface area (Å²) in [6, 6.07) is 6.98. The van der Waals surface area contributed by atoms with Crippen LogP contribution < -0.4 is 16.4 Å². The zero-order chi connectivity index (χ0) is 15.0. The van der Waals surface area contributed by atoms with Crippen LogP contribution in [0.5, 0.6) is 0 Å². The third-order valence-electron chi connectivity index (χ3n) is 2.76. The van der Waals surface area contributed by atoms with Crippen molar-refractivity contribution in [1.82, 2.24) is 0 Å². The van der Waals surface area contributed by atoms with Crippen molar-refractivity contribution in [1.29, 1.82) is 0 Å². The monoisotopic (exact) mass is 279 g/mol. The van der Waals surface area contributed by atoms with Crippen LogP contribution in [-0.4, -0.2) is 31.6 Å². The largest absolute Gasteiger partial charge is 0.380 e. The zero-order valence-corrected chi connectivity index (χ0v) is 11.8. The quantitative estimate of drug-likeness (QED) is 0.702. The first-order valence-electron chi connectivity index (χ1n) is 6.51. The molecule has 1 aromatic carbocycles. The molecule has 110 valence electrons. The normalized spacial score (nSPS) is 11.8. The highest BCUT2D eigenvalue weighted by Crippen LogP contribution is 2.15. The molecular formula is C14H21N3O3. The van der Waals surface area contributed by atoms with E-state index in [9.17, 15) is 9.59 Å². The topological polar surface area (TPSA) is 93.5 Å². The second-order valence-electron chi connectivity index (χ2n) is 4.33. The van der Waals surface area contributed by atoms with Crippen LogP contribution >= 0.6 is 0 Å². The van der Waals surface area contributed by atoms with Gasteiger partial charge in [-0.05, 0) is 18.2 Å². The van der Waals surface area contributed by atoms with E-state index in [1.807, 2.05) is 0 Å². The maximum absolute atomic E-state index is 11.8. The summed E-state index contributed by atoms with van der Waals surface area (Å²) in [7, 11) is 1.52. The van der Waals surface area contributed by atoms with Crippen LogP contribution in [0.4, 0.5) is 11.4 Å². The third kappa shape index (κ3) is 5.38. The van der Waals surface area contributed by atoms with Gasteiger partial charge in [0.15, 0.2) is 0 Å². The van der Waals surface area contributed by atoms with Crippen LogP contribution in [0.15, 0.2) is 24.3 Å². The minimum Gasteiger partial charge on any atom is -0.380 e. The molecule has 0 saturated heterocycles. The van der Waals surface area contributed by atoms with Crippen LogP contribution in [-0.2, 0) is 14.3 Å². The number of amides is 2. The van der Waals surface area contributed by atoms with Crippen LogP contribution in [0.3, 0.4) is 0 Å². The molecule has 1 aromatic rings. The molecule has 20 heavy (non-hydrogen) atoms. The molecule has 6 heteroatoms. The molecule has 1 rings (SSSR count). The number of methoxy groups -OCH3 is 1. The number of nitrogens with two attached hydrogens (primary N) is 1. The minimum absolute atomic E-state index is 0.0731. The standard InChI is InChI=1S/C14H21N3O3/c1-3-13(18)16-10-5-4-6-11(7-10)17-14(19)8-12(9-15)20-2/h4-7,12H,3,8-9,15H2,1-2H3,(H,16,18)(H,17,19). The van der Waals surface area contributed by atoms with Gasteiger partial charge in [-0.1, -0.05) is 13.0 Å². The molecule has 0 aliphatic carbocycles. The highest BCUT2D eigenvalue weighted by Gasteiger charge is 2.11. The zero-order valence-electron chi connectivity index (χ0n) is 11.8. The van der Waals surface area contributed by atoms with Crippen molar-refractivity contribution in [2.75, 3.05) is 24.3 Å². The van der Waals surface area contributed by atoms with Crippen molar-refractivity contribution in [2.24, 2.45) is 5.73 Å². The molecule has 0 aliphatic rings. The number of nitrogens with one attached hydrogen (secondary N) is 2. The predicted molar refractivity (Wildman–Crippen MR) is 78.5 cm³/mol. The Morgan fingerprint density at radius 1 is 1.25 bits per heavy atom. The van der Waals surface area contributed by atoms with Crippen molar-refractivity contribution in [3.8, 4) is 0 Å². The van der Waals surface area contributed by atoms with Gasteiger partial charge in [-0.25, -0.2) is 0 Å². The van der Waals surface area contributed by atoms with Gasteiger partial charge in [-0.15, -0.1) is 0 Å². The molecule has 4 N–H and O–H groups in total. The van der Waals surface area contributed by atoms with Crippen molar-refractivity contribution < 1.29 is 14.3 Å². The number of carbonyl (C=O) groups is 2. The Hall–Kier alpha value is -1.92. The first-order chi connectivity index (χ1) is 9.58. The summed E-state index contributed by atoms with van der Waals surface area (Å²) >= 11 is 0. The molecule has 0 fully saturated rings. The Bertz CT molecular complexity index is 459. The van der Waals surface area contributed by atoms with Gasteiger partial charge >= 0.3 is 0 Å². The third-order valence-corrected chi connectivity index (χ3v) is 2.76. The van der Waals surface area contributed by atoms with Gasteiger partial charge in [0.25, 0.3) is 0 Å². The fraction of sp³-hybridized carbons (Fsp3) is 0.429. The van der Waals surface area contributed by atoms with E-state index < -0.39 is 0 Å². The molecule has 6 nitrogen and oxygen atoms in total. The number of benzene rings is 1. The van der Waals surface area contributed by atoms with Gasteiger partial charge in [0, 0.05) is 31.5 Å². The second kappa shape index (κ2) is 8.29. The lowest BCUT2D eigenvalue weighted by atomic mass is 10.2. The summed E-state index contributed by atoms with van der Waals surface area (Å²) < 4.78 is 5.06. The number of carbonyl (C=O) groups excluding carboxylic acids is 2. The number of hydrogen-bond acceptors (Lipinski definition) is 4. The summed E-state index contributed by atoms with van der Waals surface area (Å²) in [5, 5.41) is 5.48. The summed E-state index contributed by atoms with van der Waals surface area (Å²) in [6.45, 7) is 2.06. The fourth-order valence-electron chi connectivity index (χ4n) is 1.61. The average Bonchev–Trinajstić information content (AvgIpc) is 2.44. The van der Waals surface area contributed by atoms with Crippen molar-refractivity contribution in [3.05, 3.63) is 24.3 Å². The maximum Gasteiger partial charge on any atom is 0.227 e. The van der Waals surface area contributed by atoms with E-state index in [-0.39, 0.29) is 30.9 Å². The van der Waals surface area contributed by atoms with E-state index in [0.717, 1.165) is 0 Å². The van der Waals surface area contributed by atoms with Gasteiger partial charge in [-0.3, -0.25) is 9.59 Å². The van der Waals surface area contributed by atoms with Gasteiger partial charge in [0.1, 0.15) is 0 Å². The van der Waals surface area contributed by atoms with E-state index >= 15 is 0 Å². The Kier molecular flexibility index (Phi) is 6.69. The van der Waals surface area contributed by atoms with Gasteiger partial charge in [0.05, 0.1) is 12.5 Å². The van der Waals surface area contributed by atoms with E-state index in [4.69, 9.17) is 10.5 Å². The molecule has 0 aromatic heterocycles. The number of anilines is 2. The van der Waals surface area contributed by atoms with Gasteiger partial charge in [0.2, 0.25) is 11.8 Å². The predicted octanol–water partition coefficient (Wildman–Crippen LogP) is 1.34. The molecule has 0 bridgehead atoms. The summed E-state index contributed by atoms with van der Waals surface area (Å²) in [5.41, 5.74) is 6.74. The molecule has 0 heterocycles. The molecule has 0 radical (unpaired) electrons. The molecule has 0 aliphatic heterocycles. The van der Waals surface area contributed by atoms with Crippen LogP contribution in [0.2, 0.25) is 0 Å². The second-order valence-corrected chi connectivity index (χ2v) is 4.33. The number of rotatable bonds is 7. The molecule has 1 unspecified atom stereocenters. The Labute approximate surface area is 118 Å². The van der Waals surface area contributed by atoms with Crippen LogP contribution in [0.1, 0.15) is 19.8 Å². The van der Waals surface area contributed by atoms with Gasteiger partial charge in [-0.2, -0.15) is 0 Å². The SMILES string of the molecule is CCC(=O)Nc1cccc(NC(=O)CC(CN)OC)c1. The Balaban J connectivity index is 2.61. The highest BCUT2D eigenvalue weighted by atomic mass is 16.5. The summed E-state index contributed by atoms with van der Waals surface area (Å²) in [5.74, 6) is -0.252. The van der Waals surface area contributed by atoms with Gasteiger partial charge < -0.3 is 21.1 Å². The lowest BCUT2D eigenvalue weighted by molar-refractivity contribution is -0.118. The van der Waals surface area contributed by atoms with Crippen LogP contribution in [0.25, 0.3) is 0 Å². The number of ether oxygens (including phenoxy) is 1. The minimum atomic E-state index is -0.294. The summed E-state index contributed by atoms with van der Waals surface area (Å²) in [6.07, 6.45) is 0.305. The lowest BCUT2D eigenvalue weighted by Crippen LogP contribution is -2.28. The first-order valence-corrected chi connectivity index (χ1v) is 6.51. The molecule has 0 spiro atoms. The molecule has 1 atom stereocenters. The van der Waals surface area contributed by atoms with Crippen molar-refractivity contribution >= 4 is 23.2 Å². The smallest absolute Gasteiger partial charge is 0.227 e. The van der Waals surface area contributed by atoms with E-state index in [1.54, 1.807) is 31.2 Å². The van der Waals surface area contributed by atoms with E-state index in [0.29, 0.717) is 17.8 Å². The van der Waals surface area contributed by atoms with E-state index in [1.165, 1.54) is 7.11 Å². The lowest BCUT2D eigenvalue weighted by Gasteiger charge is -2.13. The Morgan fingerprint density at radius 3 is 2.35 bits per heavy atom. The molecular weight excluding hydrogens is 258 g/mol. The van der Waals surface area contributed by atoms with E-state index in [2.05, 4.69) is 10.6 Å². The molecule has 0 saturated carbocycles. The highest BCUT2D eigenvalue weighted by molar-refractivity contribution is 5.94. The van der Waals surface area contributed by atoms with Crippen LogP contribution in [0, 0.1) is 0 Å². The van der Waals surface area contributed by atoms with Crippen molar-refractivity contribution in [3.63, 3.8) is 0 Å². The first kappa shape index (κ1) is 16.1. The Morgan fingerprint density at radius 2 is 1.85 bits per heavy atom.